The maximum absolute atomic E-state index is 13.2. The lowest BCUT2D eigenvalue weighted by atomic mass is 10.1. The van der Waals surface area contributed by atoms with Crippen molar-refractivity contribution in [2.75, 3.05) is 0 Å². The van der Waals surface area contributed by atoms with Gasteiger partial charge in [0.25, 0.3) is 0 Å². The molecule has 0 aliphatic heterocycles. The average Bonchev–Trinajstić information content (AvgIpc) is 2.67. The molecule has 0 aliphatic rings. The molecule has 1 aromatic carbocycles. The second-order valence-electron chi connectivity index (χ2n) is 3.08. The Bertz CT molecular complexity index is 519. The molecule has 6 heteroatoms. The molecule has 2 aromatic rings. The third kappa shape index (κ3) is 2.27. The van der Waals surface area contributed by atoms with Gasteiger partial charge in [-0.1, -0.05) is 17.7 Å². The van der Waals surface area contributed by atoms with E-state index in [1.165, 1.54) is 23.5 Å². The first kappa shape index (κ1) is 12.0. The summed E-state index contributed by atoms with van der Waals surface area (Å²) >= 11 is 10.1. The van der Waals surface area contributed by atoms with Crippen molar-refractivity contribution < 1.29 is 9.50 Å². The SMILES string of the molecule is OC(c1ccc(Cl)c(F)c1)c1scnc1Br. The molecule has 0 fully saturated rings. The minimum atomic E-state index is -0.895. The van der Waals surface area contributed by atoms with Gasteiger partial charge in [0.05, 0.1) is 15.4 Å². The molecule has 0 saturated heterocycles. The van der Waals surface area contributed by atoms with E-state index < -0.39 is 11.9 Å². The van der Waals surface area contributed by atoms with Crippen LogP contribution >= 0.6 is 38.9 Å². The number of thiazole rings is 1. The lowest BCUT2D eigenvalue weighted by molar-refractivity contribution is 0.222. The number of rotatable bonds is 2. The number of aromatic nitrogens is 1. The topological polar surface area (TPSA) is 33.1 Å². The van der Waals surface area contributed by atoms with Gasteiger partial charge >= 0.3 is 0 Å². The van der Waals surface area contributed by atoms with Crippen molar-refractivity contribution in [1.82, 2.24) is 4.98 Å². The van der Waals surface area contributed by atoms with Crippen molar-refractivity contribution in [3.63, 3.8) is 0 Å². The summed E-state index contributed by atoms with van der Waals surface area (Å²) < 4.78 is 13.8. The van der Waals surface area contributed by atoms with Crippen molar-refractivity contribution in [1.29, 1.82) is 0 Å². The van der Waals surface area contributed by atoms with Gasteiger partial charge in [0, 0.05) is 0 Å². The Kier molecular flexibility index (Phi) is 3.59. The van der Waals surface area contributed by atoms with Gasteiger partial charge in [-0.3, -0.25) is 0 Å². The van der Waals surface area contributed by atoms with Crippen molar-refractivity contribution in [3.05, 3.63) is 49.6 Å². The maximum atomic E-state index is 13.2. The van der Waals surface area contributed by atoms with Crippen molar-refractivity contribution in [3.8, 4) is 0 Å². The van der Waals surface area contributed by atoms with Crippen LogP contribution in [0.25, 0.3) is 0 Å². The third-order valence-corrected chi connectivity index (χ3v) is 4.14. The summed E-state index contributed by atoms with van der Waals surface area (Å²) in [4.78, 5) is 4.60. The highest BCUT2D eigenvalue weighted by atomic mass is 79.9. The predicted molar refractivity (Wildman–Crippen MR) is 65.3 cm³/mol. The van der Waals surface area contributed by atoms with Crippen LogP contribution in [0.5, 0.6) is 0 Å². The highest BCUT2D eigenvalue weighted by Crippen LogP contribution is 2.32. The minimum absolute atomic E-state index is 0.0410. The van der Waals surface area contributed by atoms with E-state index in [9.17, 15) is 9.50 Å². The molecule has 2 nitrogen and oxygen atoms in total. The predicted octanol–water partition coefficient (Wildman–Crippen LogP) is 3.78. The molecule has 1 aromatic heterocycles. The molecule has 1 N–H and O–H groups in total. The zero-order valence-corrected chi connectivity index (χ0v) is 11.0. The van der Waals surface area contributed by atoms with E-state index in [4.69, 9.17) is 11.6 Å². The van der Waals surface area contributed by atoms with Crippen molar-refractivity contribution >= 4 is 38.9 Å². The summed E-state index contributed by atoms with van der Waals surface area (Å²) in [5, 5.41) is 10.0. The quantitative estimate of drug-likeness (QED) is 0.913. The lowest BCUT2D eigenvalue weighted by Crippen LogP contribution is -1.98. The van der Waals surface area contributed by atoms with E-state index in [-0.39, 0.29) is 5.02 Å². The largest absolute Gasteiger partial charge is 0.383 e. The molecular formula is C10H6BrClFNOS. The second-order valence-corrected chi connectivity index (χ2v) is 5.13. The summed E-state index contributed by atoms with van der Waals surface area (Å²) in [5.41, 5.74) is 2.06. The zero-order valence-electron chi connectivity index (χ0n) is 7.82. The third-order valence-electron chi connectivity index (χ3n) is 2.06. The Morgan fingerprint density at radius 2 is 2.25 bits per heavy atom. The zero-order chi connectivity index (χ0) is 11.7. The normalized spacial score (nSPS) is 12.8. The van der Waals surface area contributed by atoms with Gasteiger partial charge in [0.2, 0.25) is 0 Å². The molecule has 0 aliphatic carbocycles. The molecule has 0 bridgehead atoms. The number of halogens is 3. The minimum Gasteiger partial charge on any atom is -0.383 e. The summed E-state index contributed by atoms with van der Waals surface area (Å²) in [6, 6.07) is 4.23. The fourth-order valence-corrected chi connectivity index (χ4v) is 2.79. The number of hydrogen-bond acceptors (Lipinski definition) is 3. The van der Waals surface area contributed by atoms with E-state index in [0.717, 1.165) is 0 Å². The molecule has 1 atom stereocenters. The van der Waals surface area contributed by atoms with Crippen LogP contribution in [-0.4, -0.2) is 10.1 Å². The smallest absolute Gasteiger partial charge is 0.142 e. The standard InChI is InChI=1S/C10H6BrClFNOS/c11-10-9(16-4-14-10)8(15)5-1-2-6(12)7(13)3-5/h1-4,8,15H. The van der Waals surface area contributed by atoms with Crippen LogP contribution in [0.3, 0.4) is 0 Å². The molecular weight excluding hydrogens is 317 g/mol. The van der Waals surface area contributed by atoms with Crippen molar-refractivity contribution in [2.45, 2.75) is 6.10 Å². The van der Waals surface area contributed by atoms with Gasteiger partial charge in [-0.25, -0.2) is 9.37 Å². The Morgan fingerprint density at radius 3 is 2.81 bits per heavy atom. The fraction of sp³-hybridized carbons (Fsp3) is 0.100. The Labute approximate surface area is 109 Å². The van der Waals surface area contributed by atoms with Gasteiger partial charge < -0.3 is 5.11 Å². The van der Waals surface area contributed by atoms with E-state index in [2.05, 4.69) is 20.9 Å². The molecule has 1 heterocycles. The Balaban J connectivity index is 2.38. The number of hydrogen-bond donors (Lipinski definition) is 1. The van der Waals surface area contributed by atoms with Crippen LogP contribution in [-0.2, 0) is 0 Å². The van der Waals surface area contributed by atoms with Gasteiger partial charge in [-0.15, -0.1) is 11.3 Å². The molecule has 2 rings (SSSR count). The van der Waals surface area contributed by atoms with E-state index in [0.29, 0.717) is 15.0 Å². The monoisotopic (exact) mass is 321 g/mol. The van der Waals surface area contributed by atoms with Crippen LogP contribution in [0.4, 0.5) is 4.39 Å². The number of benzene rings is 1. The first-order valence-corrected chi connectivity index (χ1v) is 6.36. The molecule has 0 amide bonds. The number of aliphatic hydroxyl groups excluding tert-OH is 1. The summed E-state index contributed by atoms with van der Waals surface area (Å²) in [6.45, 7) is 0. The van der Waals surface area contributed by atoms with Crippen LogP contribution in [0.2, 0.25) is 5.02 Å². The van der Waals surface area contributed by atoms with Gasteiger partial charge in [-0.2, -0.15) is 0 Å². The first-order chi connectivity index (χ1) is 7.59. The van der Waals surface area contributed by atoms with Crippen LogP contribution in [0, 0.1) is 5.82 Å². The van der Waals surface area contributed by atoms with E-state index in [1.54, 1.807) is 11.6 Å². The number of nitrogens with zero attached hydrogens (tertiary/aromatic N) is 1. The van der Waals surface area contributed by atoms with Gasteiger partial charge in [0.1, 0.15) is 16.5 Å². The maximum Gasteiger partial charge on any atom is 0.142 e. The van der Waals surface area contributed by atoms with Gasteiger partial charge in [0.15, 0.2) is 0 Å². The van der Waals surface area contributed by atoms with Crippen molar-refractivity contribution in [2.24, 2.45) is 0 Å². The highest BCUT2D eigenvalue weighted by Gasteiger charge is 2.17. The van der Waals surface area contributed by atoms with E-state index in [1.807, 2.05) is 0 Å². The van der Waals surface area contributed by atoms with Gasteiger partial charge in [-0.05, 0) is 33.6 Å². The van der Waals surface area contributed by atoms with Crippen LogP contribution in [0.1, 0.15) is 16.5 Å². The Hall–Kier alpha value is -0.490. The number of aliphatic hydroxyl groups is 1. The van der Waals surface area contributed by atoms with E-state index >= 15 is 0 Å². The average molecular weight is 323 g/mol. The highest BCUT2D eigenvalue weighted by molar-refractivity contribution is 9.10. The summed E-state index contributed by atoms with van der Waals surface area (Å²) in [5.74, 6) is -0.543. The summed E-state index contributed by atoms with van der Waals surface area (Å²) in [6.07, 6.45) is -0.895. The first-order valence-electron chi connectivity index (χ1n) is 4.31. The molecule has 16 heavy (non-hydrogen) atoms. The molecule has 0 saturated carbocycles. The second kappa shape index (κ2) is 4.79. The molecule has 1 unspecified atom stereocenters. The lowest BCUT2D eigenvalue weighted by Gasteiger charge is -2.09. The summed E-state index contributed by atoms with van der Waals surface area (Å²) in [7, 11) is 0. The van der Waals surface area contributed by atoms with Crippen LogP contribution in [0.15, 0.2) is 28.3 Å². The Morgan fingerprint density at radius 1 is 1.50 bits per heavy atom. The molecule has 0 radical (unpaired) electrons. The molecule has 0 spiro atoms. The molecule has 84 valence electrons. The van der Waals surface area contributed by atoms with Crippen LogP contribution < -0.4 is 0 Å². The fourth-order valence-electron chi connectivity index (χ4n) is 1.25.